The number of nitrogens with zero attached hydrogens (tertiary/aromatic N) is 2. The van der Waals surface area contributed by atoms with Crippen molar-refractivity contribution in [3.63, 3.8) is 0 Å². The molecule has 0 saturated carbocycles. The van der Waals surface area contributed by atoms with Gasteiger partial charge in [0.25, 0.3) is 0 Å². The van der Waals surface area contributed by atoms with E-state index in [9.17, 15) is 14.4 Å². The van der Waals surface area contributed by atoms with Gasteiger partial charge in [0.2, 0.25) is 5.91 Å². The fourth-order valence-corrected chi connectivity index (χ4v) is 6.82. The van der Waals surface area contributed by atoms with Crippen LogP contribution in [-0.4, -0.2) is 66.3 Å². The van der Waals surface area contributed by atoms with Crippen LogP contribution in [0.5, 0.6) is 0 Å². The van der Waals surface area contributed by atoms with Crippen LogP contribution in [0, 0.1) is 5.92 Å². The number of nitrogens with one attached hydrogen (secondary N) is 2. The molecule has 1 aromatic rings. The molecule has 1 aromatic carbocycles. The van der Waals surface area contributed by atoms with E-state index < -0.39 is 11.8 Å². The quantitative estimate of drug-likeness (QED) is 0.679. The number of thioether (sulfide) groups is 1. The molecule has 7 nitrogen and oxygen atoms in total. The van der Waals surface area contributed by atoms with Crippen molar-refractivity contribution >= 4 is 40.9 Å². The van der Waals surface area contributed by atoms with Crippen LogP contribution in [0.15, 0.2) is 12.1 Å². The molecule has 0 aliphatic carbocycles. The molecule has 4 aliphatic heterocycles. The summed E-state index contributed by atoms with van der Waals surface area (Å²) in [6.07, 6.45) is 6.45. The minimum absolute atomic E-state index is 0.183. The zero-order chi connectivity index (χ0) is 22.1. The number of aryl methyl sites for hydroxylation is 2. The van der Waals surface area contributed by atoms with Gasteiger partial charge in [-0.2, -0.15) is 11.8 Å². The van der Waals surface area contributed by atoms with Crippen molar-refractivity contribution in [3.05, 3.63) is 23.3 Å². The van der Waals surface area contributed by atoms with Crippen LogP contribution < -0.4 is 15.5 Å². The second-order valence-corrected chi connectivity index (χ2v) is 10.6. The van der Waals surface area contributed by atoms with Crippen molar-refractivity contribution in [1.82, 2.24) is 10.2 Å². The smallest absolute Gasteiger partial charge is 0.313 e. The van der Waals surface area contributed by atoms with Crippen LogP contribution in [-0.2, 0) is 27.2 Å². The van der Waals surface area contributed by atoms with E-state index in [0.717, 1.165) is 68.2 Å². The molecule has 2 N–H and O–H groups in total. The van der Waals surface area contributed by atoms with Crippen LogP contribution in [0.3, 0.4) is 0 Å². The maximum Gasteiger partial charge on any atom is 0.313 e. The van der Waals surface area contributed by atoms with E-state index in [1.54, 1.807) is 0 Å². The average Bonchev–Trinajstić information content (AvgIpc) is 3.35. The Morgan fingerprint density at radius 2 is 1.78 bits per heavy atom. The van der Waals surface area contributed by atoms with Gasteiger partial charge in [-0.25, -0.2) is 0 Å². The van der Waals surface area contributed by atoms with Gasteiger partial charge >= 0.3 is 11.8 Å². The maximum atomic E-state index is 12.5. The third-order valence-electron chi connectivity index (χ3n) is 7.36. The number of amides is 3. The van der Waals surface area contributed by atoms with E-state index >= 15 is 0 Å². The third kappa shape index (κ3) is 4.53. The molecule has 4 heterocycles. The normalized spacial score (nSPS) is 23.7. The van der Waals surface area contributed by atoms with Crippen molar-refractivity contribution in [1.29, 1.82) is 0 Å². The summed E-state index contributed by atoms with van der Waals surface area (Å²) < 4.78 is 0. The highest BCUT2D eigenvalue weighted by Gasteiger charge is 2.30. The molecule has 8 heteroatoms. The number of anilines is 2. The van der Waals surface area contributed by atoms with Gasteiger partial charge in [0.1, 0.15) is 0 Å². The van der Waals surface area contributed by atoms with Crippen molar-refractivity contribution in [2.24, 2.45) is 5.92 Å². The minimum Gasteiger partial charge on any atom is -0.348 e. The number of likely N-dealkylation sites (tertiary alicyclic amines) is 1. The number of carbonyl (C=O) groups is 3. The molecule has 2 saturated heterocycles. The maximum absolute atomic E-state index is 12.5. The van der Waals surface area contributed by atoms with Gasteiger partial charge in [-0.1, -0.05) is 0 Å². The van der Waals surface area contributed by atoms with Gasteiger partial charge in [0.05, 0.1) is 5.69 Å². The minimum atomic E-state index is -0.614. The second-order valence-electron chi connectivity index (χ2n) is 9.45. The molecule has 3 amide bonds. The molecule has 0 bridgehead atoms. The van der Waals surface area contributed by atoms with Crippen LogP contribution in [0.25, 0.3) is 0 Å². The molecule has 5 rings (SSSR count). The lowest BCUT2D eigenvalue weighted by molar-refractivity contribution is -0.136. The zero-order valence-electron chi connectivity index (χ0n) is 18.5. The molecular formula is C24H32N4O3S. The largest absolute Gasteiger partial charge is 0.348 e. The SMILES string of the molecule is O=C(NCC1CCN(C2CCSC2)CC1)C(=O)Nc1cc2c3c(c1)CCC(=O)N3CCC2. The van der Waals surface area contributed by atoms with Crippen molar-refractivity contribution in [3.8, 4) is 0 Å². The van der Waals surface area contributed by atoms with Gasteiger partial charge < -0.3 is 15.5 Å². The van der Waals surface area contributed by atoms with E-state index in [-0.39, 0.29) is 5.91 Å². The Morgan fingerprint density at radius 1 is 1.00 bits per heavy atom. The van der Waals surface area contributed by atoms with E-state index in [0.29, 0.717) is 31.0 Å². The first-order valence-corrected chi connectivity index (χ1v) is 13.1. The first kappa shape index (κ1) is 21.8. The Morgan fingerprint density at radius 3 is 2.53 bits per heavy atom. The van der Waals surface area contributed by atoms with Crippen molar-refractivity contribution < 1.29 is 14.4 Å². The number of rotatable bonds is 4. The number of carbonyl (C=O) groups excluding carboxylic acids is 3. The van der Waals surface area contributed by atoms with Gasteiger partial charge in [-0.3, -0.25) is 19.3 Å². The van der Waals surface area contributed by atoms with Gasteiger partial charge in [0, 0.05) is 37.0 Å². The van der Waals surface area contributed by atoms with Crippen molar-refractivity contribution in [2.45, 2.75) is 51.0 Å². The molecule has 2 fully saturated rings. The lowest BCUT2D eigenvalue weighted by atomic mass is 9.91. The van der Waals surface area contributed by atoms with Crippen LogP contribution in [0.4, 0.5) is 11.4 Å². The molecule has 0 radical (unpaired) electrons. The summed E-state index contributed by atoms with van der Waals surface area (Å²) >= 11 is 2.05. The summed E-state index contributed by atoms with van der Waals surface area (Å²) in [5.74, 6) is 1.97. The Bertz CT molecular complexity index is 890. The fourth-order valence-electron chi connectivity index (χ4n) is 5.56. The number of benzene rings is 1. The average molecular weight is 457 g/mol. The lowest BCUT2D eigenvalue weighted by Crippen LogP contribution is -2.45. The summed E-state index contributed by atoms with van der Waals surface area (Å²) in [5, 5.41) is 5.63. The predicted molar refractivity (Wildman–Crippen MR) is 127 cm³/mol. The molecule has 1 unspecified atom stereocenters. The van der Waals surface area contributed by atoms with Crippen molar-refractivity contribution in [2.75, 3.05) is 47.9 Å². The molecular weight excluding hydrogens is 424 g/mol. The van der Waals surface area contributed by atoms with Gasteiger partial charge in [-0.15, -0.1) is 0 Å². The summed E-state index contributed by atoms with van der Waals surface area (Å²) in [7, 11) is 0. The Kier molecular flexibility index (Phi) is 6.42. The van der Waals surface area contributed by atoms with E-state index in [1.807, 2.05) is 28.8 Å². The Balaban J connectivity index is 1.13. The second kappa shape index (κ2) is 9.43. The molecule has 0 spiro atoms. The van der Waals surface area contributed by atoms with E-state index in [4.69, 9.17) is 0 Å². The monoisotopic (exact) mass is 456 g/mol. The first-order valence-electron chi connectivity index (χ1n) is 12.0. The molecule has 172 valence electrons. The molecule has 0 aromatic heterocycles. The lowest BCUT2D eigenvalue weighted by Gasteiger charge is -2.35. The third-order valence-corrected chi connectivity index (χ3v) is 8.51. The Hall–Kier alpha value is -2.06. The highest BCUT2D eigenvalue weighted by Crippen LogP contribution is 2.37. The van der Waals surface area contributed by atoms with Gasteiger partial charge in [0.15, 0.2) is 0 Å². The summed E-state index contributed by atoms with van der Waals surface area (Å²) in [6, 6.07) is 4.57. The van der Waals surface area contributed by atoms with E-state index in [1.165, 1.54) is 17.9 Å². The summed E-state index contributed by atoms with van der Waals surface area (Å²) in [5.41, 5.74) is 3.85. The molecule has 32 heavy (non-hydrogen) atoms. The Labute approximate surface area is 193 Å². The number of piperidine rings is 1. The standard InChI is InChI=1S/C24H32N4O3S/c29-21-4-3-18-13-19(12-17-2-1-8-28(21)22(17)18)26-24(31)23(30)25-14-16-5-9-27(10-6-16)20-7-11-32-15-20/h12-13,16,20H,1-11,14-15H2,(H,25,30)(H,26,31). The van der Waals surface area contributed by atoms with Crippen LogP contribution >= 0.6 is 11.8 Å². The molecule has 1 atom stereocenters. The molecule has 4 aliphatic rings. The zero-order valence-corrected chi connectivity index (χ0v) is 19.3. The topological polar surface area (TPSA) is 81.8 Å². The van der Waals surface area contributed by atoms with Crippen LogP contribution in [0.1, 0.15) is 43.2 Å². The van der Waals surface area contributed by atoms with E-state index in [2.05, 4.69) is 15.5 Å². The number of hydrogen-bond donors (Lipinski definition) is 2. The number of hydrogen-bond acceptors (Lipinski definition) is 5. The summed E-state index contributed by atoms with van der Waals surface area (Å²) in [6.45, 7) is 3.52. The van der Waals surface area contributed by atoms with Crippen LogP contribution in [0.2, 0.25) is 0 Å². The first-order chi connectivity index (χ1) is 15.6. The predicted octanol–water partition coefficient (Wildman–Crippen LogP) is 2.18. The highest BCUT2D eigenvalue weighted by atomic mass is 32.2. The van der Waals surface area contributed by atoms with Gasteiger partial charge in [-0.05, 0) is 86.5 Å². The summed E-state index contributed by atoms with van der Waals surface area (Å²) in [4.78, 5) is 41.6. The highest BCUT2D eigenvalue weighted by molar-refractivity contribution is 7.99. The fraction of sp³-hybridized carbons (Fsp3) is 0.625.